The fourth-order valence-corrected chi connectivity index (χ4v) is 0.930. The molecule has 0 atom stereocenters. The molecule has 0 fully saturated rings. The molecule has 0 bridgehead atoms. The predicted molar refractivity (Wildman–Crippen MR) is 54.2 cm³/mol. The largest absolute Gasteiger partial charge is 0.478 e. The molecule has 15 heavy (non-hydrogen) atoms. The molecular formula is C9H8N4O2. The van der Waals surface area contributed by atoms with E-state index in [1.807, 2.05) is 0 Å². The quantitative estimate of drug-likeness (QED) is 0.461. The number of aromatic nitrogens is 1. The second kappa shape index (κ2) is 5.41. The van der Waals surface area contributed by atoms with Crippen LogP contribution in [0.4, 0.5) is 0 Å². The Hall–Kier alpha value is -2.33. The smallest absolute Gasteiger partial charge is 0.335 e. The summed E-state index contributed by atoms with van der Waals surface area (Å²) in [6.45, 7) is 0.218. The van der Waals surface area contributed by atoms with Crippen LogP contribution in [0, 0.1) is 0 Å². The number of carbonyl (C=O) groups is 1. The van der Waals surface area contributed by atoms with E-state index in [9.17, 15) is 4.79 Å². The Balaban J connectivity index is 2.77. The van der Waals surface area contributed by atoms with Crippen molar-refractivity contribution in [1.29, 1.82) is 0 Å². The monoisotopic (exact) mass is 204 g/mol. The van der Waals surface area contributed by atoms with E-state index >= 15 is 0 Å². The van der Waals surface area contributed by atoms with Gasteiger partial charge >= 0.3 is 5.97 Å². The second-order valence-electron chi connectivity index (χ2n) is 2.59. The third-order valence-electron chi connectivity index (χ3n) is 1.57. The molecule has 0 spiro atoms. The molecule has 1 aromatic heterocycles. The molecule has 76 valence electrons. The van der Waals surface area contributed by atoms with Crippen molar-refractivity contribution in [2.45, 2.75) is 0 Å². The van der Waals surface area contributed by atoms with Gasteiger partial charge in [0.25, 0.3) is 0 Å². The molecule has 6 nitrogen and oxygen atoms in total. The molecule has 1 N–H and O–H groups in total. The van der Waals surface area contributed by atoms with Gasteiger partial charge in [-0.2, -0.15) is 0 Å². The SMILES string of the molecule is [N-]=[N+]=NCC=Cc1cc(C(=O)O)ccn1. The van der Waals surface area contributed by atoms with Crippen molar-refractivity contribution in [3.05, 3.63) is 46.1 Å². The van der Waals surface area contributed by atoms with Crippen molar-refractivity contribution in [1.82, 2.24) is 4.98 Å². The van der Waals surface area contributed by atoms with Gasteiger partial charge in [-0.3, -0.25) is 4.98 Å². The van der Waals surface area contributed by atoms with Crippen LogP contribution in [0.25, 0.3) is 16.5 Å². The first-order valence-electron chi connectivity index (χ1n) is 4.11. The van der Waals surface area contributed by atoms with Crippen molar-refractivity contribution in [3.63, 3.8) is 0 Å². The topological polar surface area (TPSA) is 99.0 Å². The highest BCUT2D eigenvalue weighted by Gasteiger charge is 2.01. The summed E-state index contributed by atoms with van der Waals surface area (Å²) in [5.74, 6) is -0.998. The Morgan fingerprint density at radius 3 is 3.20 bits per heavy atom. The number of hydrogen-bond donors (Lipinski definition) is 1. The highest BCUT2D eigenvalue weighted by atomic mass is 16.4. The summed E-state index contributed by atoms with van der Waals surface area (Å²) in [6, 6.07) is 2.85. The standard InChI is InChI=1S/C9H8N4O2/c10-13-12-4-1-2-8-6-7(9(14)15)3-5-11-8/h1-3,5-6H,4H2,(H,14,15). The van der Waals surface area contributed by atoms with Crippen molar-refractivity contribution in [2.24, 2.45) is 5.11 Å². The molecule has 0 saturated carbocycles. The summed E-state index contributed by atoms with van der Waals surface area (Å²) >= 11 is 0. The van der Waals surface area contributed by atoms with E-state index in [1.165, 1.54) is 18.3 Å². The maximum atomic E-state index is 10.6. The molecule has 0 amide bonds. The van der Waals surface area contributed by atoms with Gasteiger partial charge in [-0.1, -0.05) is 11.2 Å². The highest BCUT2D eigenvalue weighted by molar-refractivity contribution is 5.87. The zero-order valence-electron chi connectivity index (χ0n) is 7.74. The van der Waals surface area contributed by atoms with E-state index in [1.54, 1.807) is 12.2 Å². The van der Waals surface area contributed by atoms with Crippen LogP contribution in [0.3, 0.4) is 0 Å². The molecular weight excluding hydrogens is 196 g/mol. The summed E-state index contributed by atoms with van der Waals surface area (Å²) in [5, 5.41) is 12.0. The zero-order chi connectivity index (χ0) is 11.1. The Kier molecular flexibility index (Phi) is 3.88. The van der Waals surface area contributed by atoms with Gasteiger partial charge < -0.3 is 5.11 Å². The highest BCUT2D eigenvalue weighted by Crippen LogP contribution is 2.03. The lowest BCUT2D eigenvalue weighted by molar-refractivity contribution is 0.0696. The van der Waals surface area contributed by atoms with Gasteiger partial charge in [0.2, 0.25) is 0 Å². The van der Waals surface area contributed by atoms with Crippen LogP contribution >= 0.6 is 0 Å². The zero-order valence-corrected chi connectivity index (χ0v) is 7.74. The van der Waals surface area contributed by atoms with E-state index in [-0.39, 0.29) is 12.1 Å². The number of azide groups is 1. The van der Waals surface area contributed by atoms with Gasteiger partial charge in [0, 0.05) is 17.7 Å². The van der Waals surface area contributed by atoms with Gasteiger partial charge in [-0.15, -0.1) is 0 Å². The van der Waals surface area contributed by atoms with Crippen LogP contribution in [-0.4, -0.2) is 22.6 Å². The lowest BCUT2D eigenvalue weighted by Gasteiger charge is -1.95. The van der Waals surface area contributed by atoms with Crippen LogP contribution in [0.2, 0.25) is 0 Å². The molecule has 0 aliphatic rings. The van der Waals surface area contributed by atoms with Crippen molar-refractivity contribution < 1.29 is 9.90 Å². The molecule has 1 rings (SSSR count). The number of pyridine rings is 1. The summed E-state index contributed by atoms with van der Waals surface area (Å²) in [7, 11) is 0. The fraction of sp³-hybridized carbons (Fsp3) is 0.111. The minimum absolute atomic E-state index is 0.174. The van der Waals surface area contributed by atoms with Crippen LogP contribution in [0.15, 0.2) is 29.5 Å². The first-order chi connectivity index (χ1) is 7.24. The number of carboxylic acids is 1. The first kappa shape index (κ1) is 10.7. The Bertz CT molecular complexity index is 435. The minimum Gasteiger partial charge on any atom is -0.478 e. The van der Waals surface area contributed by atoms with E-state index in [0.717, 1.165) is 0 Å². The number of nitrogens with zero attached hydrogens (tertiary/aromatic N) is 4. The van der Waals surface area contributed by atoms with Crippen LogP contribution < -0.4 is 0 Å². The Labute approximate surface area is 85.5 Å². The molecule has 1 aromatic rings. The second-order valence-corrected chi connectivity index (χ2v) is 2.59. The van der Waals surface area contributed by atoms with E-state index < -0.39 is 5.97 Å². The molecule has 6 heteroatoms. The van der Waals surface area contributed by atoms with E-state index in [4.69, 9.17) is 10.6 Å². The maximum absolute atomic E-state index is 10.6. The summed E-state index contributed by atoms with van der Waals surface area (Å²) < 4.78 is 0. The van der Waals surface area contributed by atoms with E-state index in [2.05, 4.69) is 15.0 Å². The predicted octanol–water partition coefficient (Wildman–Crippen LogP) is 2.10. The van der Waals surface area contributed by atoms with Crippen LogP contribution in [0.1, 0.15) is 16.1 Å². The summed E-state index contributed by atoms with van der Waals surface area (Å²) in [5.41, 5.74) is 8.70. The van der Waals surface area contributed by atoms with Gasteiger partial charge in [-0.05, 0) is 23.7 Å². The molecule has 0 aromatic carbocycles. The van der Waals surface area contributed by atoms with Gasteiger partial charge in [0.1, 0.15) is 0 Å². The Morgan fingerprint density at radius 1 is 1.73 bits per heavy atom. The normalized spacial score (nSPS) is 9.87. The number of rotatable bonds is 4. The Morgan fingerprint density at radius 2 is 2.53 bits per heavy atom. The first-order valence-corrected chi connectivity index (χ1v) is 4.11. The maximum Gasteiger partial charge on any atom is 0.335 e. The van der Waals surface area contributed by atoms with Crippen molar-refractivity contribution in [3.8, 4) is 0 Å². The molecule has 0 saturated heterocycles. The lowest BCUT2D eigenvalue weighted by Crippen LogP contribution is -1.96. The lowest BCUT2D eigenvalue weighted by atomic mass is 10.2. The number of hydrogen-bond acceptors (Lipinski definition) is 3. The molecule has 1 heterocycles. The summed E-state index contributed by atoms with van der Waals surface area (Å²) in [6.07, 6.45) is 4.62. The number of carboxylic acid groups (broad SMARTS) is 1. The molecule has 0 aliphatic carbocycles. The van der Waals surface area contributed by atoms with Crippen LogP contribution in [0.5, 0.6) is 0 Å². The number of aromatic carboxylic acids is 1. The summed E-state index contributed by atoms with van der Waals surface area (Å²) in [4.78, 5) is 17.1. The average molecular weight is 204 g/mol. The fourth-order valence-electron chi connectivity index (χ4n) is 0.930. The van der Waals surface area contributed by atoms with Crippen molar-refractivity contribution >= 4 is 12.0 Å². The minimum atomic E-state index is -0.998. The van der Waals surface area contributed by atoms with E-state index in [0.29, 0.717) is 5.69 Å². The van der Waals surface area contributed by atoms with Gasteiger partial charge in [0.15, 0.2) is 0 Å². The molecule has 0 aliphatic heterocycles. The molecule has 0 unspecified atom stereocenters. The third kappa shape index (κ3) is 3.50. The third-order valence-corrected chi connectivity index (χ3v) is 1.57. The van der Waals surface area contributed by atoms with Gasteiger partial charge in [-0.25, -0.2) is 4.79 Å². The van der Waals surface area contributed by atoms with Crippen molar-refractivity contribution in [2.75, 3.05) is 6.54 Å². The average Bonchev–Trinajstić information content (AvgIpc) is 2.25. The van der Waals surface area contributed by atoms with Crippen LogP contribution in [-0.2, 0) is 0 Å². The van der Waals surface area contributed by atoms with Gasteiger partial charge in [0.05, 0.1) is 11.3 Å². The molecule has 0 radical (unpaired) electrons.